The van der Waals surface area contributed by atoms with Gasteiger partial charge < -0.3 is 15.2 Å². The van der Waals surface area contributed by atoms with Gasteiger partial charge in [0, 0.05) is 19.4 Å². The Labute approximate surface area is 121 Å². The molecule has 0 spiro atoms. The van der Waals surface area contributed by atoms with E-state index >= 15 is 0 Å². The Morgan fingerprint density at radius 3 is 2.90 bits per heavy atom. The molecule has 104 valence electrons. The zero-order valence-electron chi connectivity index (χ0n) is 10.8. The number of thiophene rings is 1. The zero-order chi connectivity index (χ0) is 14.0. The molecular weight excluding hydrogens is 274 g/mol. The topological polar surface area (TPSA) is 58.6 Å². The molecule has 3 rings (SSSR count). The van der Waals surface area contributed by atoms with Crippen LogP contribution in [0.1, 0.15) is 12.0 Å². The Kier molecular flexibility index (Phi) is 3.46. The number of aliphatic hydroxyl groups excluding tert-OH is 1. The number of aliphatic hydroxyl groups is 1. The molecule has 2 heterocycles. The lowest BCUT2D eigenvalue weighted by atomic mass is 9.90. The summed E-state index contributed by atoms with van der Waals surface area (Å²) < 4.78 is 5.98. The lowest BCUT2D eigenvalue weighted by molar-refractivity contribution is -0.133. The number of carbonyl (C=O) groups excluding carboxylic acids is 1. The van der Waals surface area contributed by atoms with Gasteiger partial charge in [0.2, 0.25) is 0 Å². The van der Waals surface area contributed by atoms with Gasteiger partial charge in [0.1, 0.15) is 5.75 Å². The van der Waals surface area contributed by atoms with Gasteiger partial charge in [0.05, 0.1) is 5.69 Å². The monoisotopic (exact) mass is 289 g/mol. The van der Waals surface area contributed by atoms with Gasteiger partial charge in [-0.25, -0.2) is 0 Å². The highest BCUT2D eigenvalue weighted by Gasteiger charge is 2.44. The summed E-state index contributed by atoms with van der Waals surface area (Å²) in [6, 6.07) is 9.32. The first-order chi connectivity index (χ1) is 9.73. The van der Waals surface area contributed by atoms with Crippen molar-refractivity contribution >= 4 is 22.9 Å². The lowest BCUT2D eigenvalue weighted by Crippen LogP contribution is -2.53. The molecule has 2 aromatic rings. The fourth-order valence-electron chi connectivity index (χ4n) is 2.42. The predicted octanol–water partition coefficient (Wildman–Crippen LogP) is 2.44. The van der Waals surface area contributed by atoms with Crippen LogP contribution in [-0.4, -0.2) is 23.2 Å². The Morgan fingerprint density at radius 2 is 2.15 bits per heavy atom. The Hall–Kier alpha value is -1.85. The van der Waals surface area contributed by atoms with Gasteiger partial charge in [-0.05, 0) is 34.5 Å². The molecule has 1 aliphatic heterocycles. The van der Waals surface area contributed by atoms with Gasteiger partial charge >= 0.3 is 0 Å². The standard InChI is InChI=1S/C15H15NO3S/c17-7-6-15(9-11-5-8-20-10-11)14(18)16-12-3-1-2-4-13(12)19-15/h1-5,8,10,17H,6-7,9H2,(H,16,18). The first-order valence-electron chi connectivity index (χ1n) is 6.45. The van der Waals surface area contributed by atoms with Crippen LogP contribution in [0.15, 0.2) is 41.1 Å². The van der Waals surface area contributed by atoms with Gasteiger partial charge in [-0.2, -0.15) is 11.3 Å². The number of amides is 1. The summed E-state index contributed by atoms with van der Waals surface area (Å²) in [6.45, 7) is -0.0975. The molecule has 1 aromatic carbocycles. The Bertz CT molecular complexity index is 611. The number of fused-ring (bicyclic) bond motifs is 1. The number of nitrogens with one attached hydrogen (secondary N) is 1. The smallest absolute Gasteiger partial charge is 0.269 e. The number of carbonyl (C=O) groups is 1. The van der Waals surface area contributed by atoms with E-state index < -0.39 is 5.60 Å². The van der Waals surface area contributed by atoms with Gasteiger partial charge in [-0.15, -0.1) is 0 Å². The van der Waals surface area contributed by atoms with E-state index in [4.69, 9.17) is 4.74 Å². The fourth-order valence-corrected chi connectivity index (χ4v) is 3.09. The summed E-state index contributed by atoms with van der Waals surface area (Å²) in [5, 5.41) is 16.2. The summed E-state index contributed by atoms with van der Waals surface area (Å²) >= 11 is 1.58. The minimum absolute atomic E-state index is 0.0975. The fraction of sp³-hybridized carbons (Fsp3) is 0.267. The molecule has 0 fully saturated rings. The summed E-state index contributed by atoms with van der Waals surface area (Å²) in [4.78, 5) is 12.5. The maximum Gasteiger partial charge on any atom is 0.269 e. The summed E-state index contributed by atoms with van der Waals surface area (Å²) in [5.74, 6) is 0.451. The average Bonchev–Trinajstić information content (AvgIpc) is 2.93. The third kappa shape index (κ3) is 2.30. The second-order valence-corrected chi connectivity index (χ2v) is 5.61. The van der Waals surface area contributed by atoms with Crippen LogP contribution in [0.2, 0.25) is 0 Å². The third-order valence-corrected chi connectivity index (χ3v) is 4.17. The van der Waals surface area contributed by atoms with Crippen molar-refractivity contribution in [2.75, 3.05) is 11.9 Å². The van der Waals surface area contributed by atoms with Crippen LogP contribution in [0.5, 0.6) is 5.75 Å². The van der Waals surface area contributed by atoms with Crippen molar-refractivity contribution in [3.05, 3.63) is 46.7 Å². The Balaban J connectivity index is 1.96. The molecule has 0 bridgehead atoms. The second-order valence-electron chi connectivity index (χ2n) is 4.83. The van der Waals surface area contributed by atoms with Crippen molar-refractivity contribution in [1.82, 2.24) is 0 Å². The first kappa shape index (κ1) is 13.1. The molecule has 2 N–H and O–H groups in total. The van der Waals surface area contributed by atoms with Crippen molar-refractivity contribution < 1.29 is 14.6 Å². The highest BCUT2D eigenvalue weighted by atomic mass is 32.1. The molecular formula is C15H15NO3S. The van der Waals surface area contributed by atoms with Crippen molar-refractivity contribution in [2.45, 2.75) is 18.4 Å². The van der Waals surface area contributed by atoms with Crippen LogP contribution >= 0.6 is 11.3 Å². The maximum absolute atomic E-state index is 12.5. The van der Waals surface area contributed by atoms with Crippen LogP contribution < -0.4 is 10.1 Å². The number of ether oxygens (including phenoxy) is 1. The number of anilines is 1. The van der Waals surface area contributed by atoms with Crippen LogP contribution in [-0.2, 0) is 11.2 Å². The van der Waals surface area contributed by atoms with Gasteiger partial charge in [0.25, 0.3) is 5.91 Å². The Morgan fingerprint density at radius 1 is 1.30 bits per heavy atom. The van der Waals surface area contributed by atoms with E-state index in [1.165, 1.54) is 0 Å². The minimum Gasteiger partial charge on any atom is -0.475 e. The van der Waals surface area contributed by atoms with Crippen LogP contribution in [0.25, 0.3) is 0 Å². The number of hydrogen-bond donors (Lipinski definition) is 2. The minimum atomic E-state index is -1.04. The van der Waals surface area contributed by atoms with Gasteiger partial charge in [-0.1, -0.05) is 12.1 Å². The molecule has 1 amide bonds. The summed E-state index contributed by atoms with van der Waals surface area (Å²) in [6.07, 6.45) is 0.722. The van der Waals surface area contributed by atoms with Crippen LogP contribution in [0.3, 0.4) is 0 Å². The SMILES string of the molecule is O=C1Nc2ccccc2OC1(CCO)Cc1ccsc1. The second kappa shape index (κ2) is 5.26. The predicted molar refractivity (Wildman–Crippen MR) is 78.2 cm³/mol. The normalized spacial score (nSPS) is 20.9. The molecule has 1 atom stereocenters. The molecule has 20 heavy (non-hydrogen) atoms. The van der Waals surface area contributed by atoms with Crippen molar-refractivity contribution in [2.24, 2.45) is 0 Å². The molecule has 5 heteroatoms. The highest BCUT2D eigenvalue weighted by molar-refractivity contribution is 7.07. The van der Waals surface area contributed by atoms with E-state index in [-0.39, 0.29) is 18.9 Å². The van der Waals surface area contributed by atoms with Gasteiger partial charge in [-0.3, -0.25) is 4.79 Å². The molecule has 0 saturated heterocycles. The van der Waals surface area contributed by atoms with Crippen molar-refractivity contribution in [3.63, 3.8) is 0 Å². The van der Waals surface area contributed by atoms with Crippen molar-refractivity contribution in [1.29, 1.82) is 0 Å². The summed E-state index contributed by atoms with van der Waals surface area (Å²) in [5.41, 5.74) is 0.679. The maximum atomic E-state index is 12.5. The summed E-state index contributed by atoms with van der Waals surface area (Å²) in [7, 11) is 0. The average molecular weight is 289 g/mol. The van der Waals surface area contributed by atoms with E-state index in [0.717, 1.165) is 5.56 Å². The van der Waals surface area contributed by atoms with E-state index in [1.54, 1.807) is 17.4 Å². The molecule has 0 aliphatic carbocycles. The number of para-hydroxylation sites is 2. The number of benzene rings is 1. The first-order valence-corrected chi connectivity index (χ1v) is 7.39. The van der Waals surface area contributed by atoms with E-state index in [2.05, 4.69) is 5.32 Å². The van der Waals surface area contributed by atoms with Crippen molar-refractivity contribution in [3.8, 4) is 5.75 Å². The highest BCUT2D eigenvalue weighted by Crippen LogP contribution is 2.36. The molecule has 1 unspecified atom stereocenters. The van der Waals surface area contributed by atoms with E-state index in [9.17, 15) is 9.90 Å². The van der Waals surface area contributed by atoms with Crippen LogP contribution in [0, 0.1) is 0 Å². The largest absolute Gasteiger partial charge is 0.475 e. The van der Waals surface area contributed by atoms with E-state index in [1.807, 2.05) is 35.0 Å². The molecule has 4 nitrogen and oxygen atoms in total. The molecule has 1 aliphatic rings. The number of hydrogen-bond acceptors (Lipinski definition) is 4. The molecule has 0 saturated carbocycles. The third-order valence-electron chi connectivity index (χ3n) is 3.44. The van der Waals surface area contributed by atoms with Gasteiger partial charge in [0.15, 0.2) is 5.60 Å². The molecule has 0 radical (unpaired) electrons. The quantitative estimate of drug-likeness (QED) is 0.909. The van der Waals surface area contributed by atoms with E-state index in [0.29, 0.717) is 17.9 Å². The van der Waals surface area contributed by atoms with Crippen LogP contribution in [0.4, 0.5) is 5.69 Å². The number of rotatable bonds is 4. The molecule has 1 aromatic heterocycles. The zero-order valence-corrected chi connectivity index (χ0v) is 11.7. The lowest BCUT2D eigenvalue weighted by Gasteiger charge is -2.37.